The van der Waals surface area contributed by atoms with Crippen molar-refractivity contribution < 1.29 is 24.4 Å². The second-order valence-electron chi connectivity index (χ2n) is 7.11. The fraction of sp³-hybridized carbons (Fsp3) is 0.278. The molecule has 2 aromatic rings. The molecule has 10 heteroatoms. The maximum Gasteiger partial charge on any atom is 0.407 e. The monoisotopic (exact) mass is 382 g/mol. The number of amides is 4. The third-order valence-corrected chi connectivity index (χ3v) is 5.83. The molecule has 3 saturated heterocycles. The molecule has 3 aliphatic rings. The van der Waals surface area contributed by atoms with Gasteiger partial charge in [-0.25, -0.2) is 14.5 Å². The highest BCUT2D eigenvalue weighted by Crippen LogP contribution is 2.44. The van der Waals surface area contributed by atoms with Crippen LogP contribution >= 0.6 is 0 Å². The van der Waals surface area contributed by atoms with Gasteiger partial charge in [-0.15, -0.1) is 0 Å². The SMILES string of the molecule is O=C1[C@H]2[C@H]3C[C@H](CN3C(=O)O)N2C(=O)N1c1ccc([N+](=O)[O-])c2ccccc12. The molecule has 142 valence electrons. The van der Waals surface area contributed by atoms with Crippen LogP contribution in [0.25, 0.3) is 10.8 Å². The number of nitro benzene ring substituents is 1. The van der Waals surface area contributed by atoms with Crippen LogP contribution < -0.4 is 4.90 Å². The lowest BCUT2D eigenvalue weighted by atomic mass is 10.0. The van der Waals surface area contributed by atoms with E-state index in [2.05, 4.69) is 0 Å². The van der Waals surface area contributed by atoms with E-state index in [4.69, 9.17) is 0 Å². The first-order valence-corrected chi connectivity index (χ1v) is 8.72. The van der Waals surface area contributed by atoms with Crippen molar-refractivity contribution in [3.05, 3.63) is 46.5 Å². The molecule has 0 spiro atoms. The number of carbonyl (C=O) groups excluding carboxylic acids is 2. The Balaban J connectivity index is 1.62. The molecule has 0 saturated carbocycles. The average Bonchev–Trinajstić information content (AvgIpc) is 3.33. The summed E-state index contributed by atoms with van der Waals surface area (Å²) in [6.07, 6.45) is -0.657. The molecular formula is C18H14N4O6. The molecule has 28 heavy (non-hydrogen) atoms. The number of likely N-dealkylation sites (tertiary alicyclic amines) is 1. The molecule has 0 radical (unpaired) electrons. The minimum atomic E-state index is -1.10. The van der Waals surface area contributed by atoms with Gasteiger partial charge < -0.3 is 14.9 Å². The summed E-state index contributed by atoms with van der Waals surface area (Å²) in [4.78, 5) is 52.1. The minimum Gasteiger partial charge on any atom is -0.465 e. The maximum absolute atomic E-state index is 13.1. The number of piperazine rings is 1. The number of urea groups is 1. The molecule has 0 aromatic heterocycles. The average molecular weight is 382 g/mol. The lowest BCUT2D eigenvalue weighted by Crippen LogP contribution is -2.54. The number of fused-ring (bicyclic) bond motifs is 6. The van der Waals surface area contributed by atoms with Gasteiger partial charge in [0, 0.05) is 18.0 Å². The predicted octanol–water partition coefficient (Wildman–Crippen LogP) is 2.02. The Kier molecular flexibility index (Phi) is 3.18. The summed E-state index contributed by atoms with van der Waals surface area (Å²) >= 11 is 0. The van der Waals surface area contributed by atoms with E-state index in [1.165, 1.54) is 21.9 Å². The zero-order valence-corrected chi connectivity index (χ0v) is 14.4. The van der Waals surface area contributed by atoms with Crippen LogP contribution in [0.4, 0.5) is 21.0 Å². The Bertz CT molecular complexity index is 1080. The largest absolute Gasteiger partial charge is 0.465 e. The number of rotatable bonds is 2. The zero-order chi connectivity index (χ0) is 19.7. The molecule has 3 atom stereocenters. The van der Waals surface area contributed by atoms with Gasteiger partial charge in [-0.2, -0.15) is 0 Å². The molecule has 10 nitrogen and oxygen atoms in total. The minimum absolute atomic E-state index is 0.115. The second kappa shape index (κ2) is 5.41. The van der Waals surface area contributed by atoms with E-state index < -0.39 is 35.0 Å². The lowest BCUT2D eigenvalue weighted by molar-refractivity contribution is -0.383. The topological polar surface area (TPSA) is 124 Å². The molecular weight excluding hydrogens is 368 g/mol. The number of benzene rings is 2. The van der Waals surface area contributed by atoms with Crippen LogP contribution in [0.5, 0.6) is 0 Å². The van der Waals surface area contributed by atoms with Crippen molar-refractivity contribution in [1.29, 1.82) is 0 Å². The van der Waals surface area contributed by atoms with E-state index in [1.54, 1.807) is 24.3 Å². The van der Waals surface area contributed by atoms with Crippen molar-refractivity contribution in [1.82, 2.24) is 9.80 Å². The first kappa shape index (κ1) is 16.5. The van der Waals surface area contributed by atoms with Gasteiger partial charge in [-0.05, 0) is 18.6 Å². The van der Waals surface area contributed by atoms with E-state index in [9.17, 15) is 29.6 Å². The normalized spacial score (nSPS) is 25.7. The molecule has 3 aliphatic heterocycles. The van der Waals surface area contributed by atoms with Crippen LogP contribution in [-0.2, 0) is 4.79 Å². The fourth-order valence-electron chi connectivity index (χ4n) is 4.72. The number of non-ortho nitro benzene ring substituents is 1. The summed E-state index contributed by atoms with van der Waals surface area (Å²) < 4.78 is 0. The number of hydrogen-bond acceptors (Lipinski definition) is 5. The third-order valence-electron chi connectivity index (χ3n) is 5.83. The molecule has 2 bridgehead atoms. The number of hydrogen-bond donors (Lipinski definition) is 1. The Labute approximate surface area is 157 Å². The summed E-state index contributed by atoms with van der Waals surface area (Å²) in [5.74, 6) is -0.498. The number of nitro groups is 1. The van der Waals surface area contributed by atoms with E-state index in [0.717, 1.165) is 4.90 Å². The van der Waals surface area contributed by atoms with E-state index in [1.807, 2.05) is 0 Å². The summed E-state index contributed by atoms with van der Waals surface area (Å²) in [7, 11) is 0. The van der Waals surface area contributed by atoms with Crippen LogP contribution in [0.1, 0.15) is 6.42 Å². The second-order valence-corrected chi connectivity index (χ2v) is 7.11. The highest BCUT2D eigenvalue weighted by atomic mass is 16.6. The van der Waals surface area contributed by atoms with E-state index in [0.29, 0.717) is 17.2 Å². The van der Waals surface area contributed by atoms with Gasteiger partial charge in [0.1, 0.15) is 6.04 Å². The number of anilines is 1. The fourth-order valence-corrected chi connectivity index (χ4v) is 4.72. The van der Waals surface area contributed by atoms with Crippen LogP contribution in [0.2, 0.25) is 0 Å². The summed E-state index contributed by atoms with van der Waals surface area (Å²) in [6.45, 7) is 0.185. The van der Waals surface area contributed by atoms with Crippen molar-refractivity contribution in [2.45, 2.75) is 24.5 Å². The quantitative estimate of drug-likeness (QED) is 0.481. The Morgan fingerprint density at radius 2 is 1.86 bits per heavy atom. The first-order valence-electron chi connectivity index (χ1n) is 8.72. The first-order chi connectivity index (χ1) is 13.4. The highest BCUT2D eigenvalue weighted by Gasteiger charge is 2.63. The maximum atomic E-state index is 13.1. The van der Waals surface area contributed by atoms with Gasteiger partial charge in [0.25, 0.3) is 11.6 Å². The van der Waals surface area contributed by atoms with Crippen LogP contribution in [0, 0.1) is 10.1 Å². The van der Waals surface area contributed by atoms with Crippen molar-refractivity contribution in [3.63, 3.8) is 0 Å². The van der Waals surface area contributed by atoms with Crippen LogP contribution in [0.15, 0.2) is 36.4 Å². The third kappa shape index (κ3) is 1.94. The smallest absolute Gasteiger partial charge is 0.407 e. The Morgan fingerprint density at radius 1 is 1.14 bits per heavy atom. The molecule has 4 amide bonds. The number of carboxylic acid groups (broad SMARTS) is 1. The Morgan fingerprint density at radius 3 is 2.54 bits per heavy atom. The molecule has 0 aliphatic carbocycles. The van der Waals surface area contributed by atoms with E-state index in [-0.39, 0.29) is 24.0 Å². The summed E-state index contributed by atoms with van der Waals surface area (Å²) in [6, 6.07) is 6.94. The molecule has 0 unspecified atom stereocenters. The van der Waals surface area contributed by atoms with Gasteiger partial charge in [-0.1, -0.05) is 18.2 Å². The summed E-state index contributed by atoms with van der Waals surface area (Å²) in [5, 5.41) is 21.4. The predicted molar refractivity (Wildman–Crippen MR) is 96.0 cm³/mol. The van der Waals surface area contributed by atoms with Gasteiger partial charge in [-0.3, -0.25) is 14.9 Å². The molecule has 1 N–H and O–H groups in total. The Hall–Kier alpha value is -3.69. The standard InChI is InChI=1S/C18H14N4O6/c23-16-15-14-7-9(8-19(14)18(25)26)20(15)17(24)21(16)12-5-6-13(22(27)28)11-4-2-1-3-10(11)12/h1-6,9,14-15H,7-8H2,(H,25,26)/t9-,14-,15-/m1/s1. The van der Waals surface area contributed by atoms with Crippen molar-refractivity contribution in [3.8, 4) is 0 Å². The zero-order valence-electron chi connectivity index (χ0n) is 14.4. The molecule has 2 aromatic carbocycles. The lowest BCUT2D eigenvalue weighted by Gasteiger charge is -2.32. The van der Waals surface area contributed by atoms with Gasteiger partial charge in [0.2, 0.25) is 0 Å². The molecule has 3 heterocycles. The van der Waals surface area contributed by atoms with Gasteiger partial charge >= 0.3 is 12.1 Å². The van der Waals surface area contributed by atoms with Gasteiger partial charge in [0.15, 0.2) is 0 Å². The van der Waals surface area contributed by atoms with Crippen LogP contribution in [0.3, 0.4) is 0 Å². The molecule has 3 fully saturated rings. The number of nitrogens with zero attached hydrogens (tertiary/aromatic N) is 4. The van der Waals surface area contributed by atoms with Gasteiger partial charge in [0.05, 0.1) is 28.1 Å². The number of imide groups is 1. The summed E-state index contributed by atoms with van der Waals surface area (Å²) in [5.41, 5.74) is 0.156. The van der Waals surface area contributed by atoms with Crippen molar-refractivity contribution >= 4 is 40.2 Å². The molecule has 5 rings (SSSR count). The highest BCUT2D eigenvalue weighted by molar-refractivity contribution is 6.25. The van der Waals surface area contributed by atoms with Crippen molar-refractivity contribution in [2.24, 2.45) is 0 Å². The number of carbonyl (C=O) groups is 3. The van der Waals surface area contributed by atoms with Crippen molar-refractivity contribution in [2.75, 3.05) is 11.4 Å². The van der Waals surface area contributed by atoms with Crippen LogP contribution in [-0.4, -0.2) is 62.5 Å². The van der Waals surface area contributed by atoms with E-state index >= 15 is 0 Å².